The third-order valence-electron chi connectivity index (χ3n) is 5.96. The Morgan fingerprint density at radius 3 is 2.46 bits per heavy atom. The van der Waals surface area contributed by atoms with Crippen LogP contribution in [-0.2, 0) is 14.8 Å². The zero-order valence-corrected chi connectivity index (χ0v) is 14.5. The van der Waals surface area contributed by atoms with Gasteiger partial charge in [-0.25, -0.2) is 17.2 Å². The number of carboxylic acids is 1. The zero-order chi connectivity index (χ0) is 17.5. The maximum Gasteiger partial charge on any atom is 0.322 e. The Kier molecular flexibility index (Phi) is 4.90. The van der Waals surface area contributed by atoms with Crippen LogP contribution < -0.4 is 0 Å². The lowest BCUT2D eigenvalue weighted by Crippen LogP contribution is -2.49. The van der Waals surface area contributed by atoms with E-state index in [9.17, 15) is 27.1 Å². The van der Waals surface area contributed by atoms with Gasteiger partial charge in [0.2, 0.25) is 10.0 Å². The lowest BCUT2D eigenvalue weighted by Gasteiger charge is -2.35. The largest absolute Gasteiger partial charge is 0.480 e. The molecule has 2 aliphatic carbocycles. The summed E-state index contributed by atoms with van der Waals surface area (Å²) in [7, 11) is -4.02. The third-order valence-corrected chi connectivity index (χ3v) is 7.95. The van der Waals surface area contributed by atoms with Gasteiger partial charge in [0.1, 0.15) is 6.04 Å². The highest BCUT2D eigenvalue weighted by Crippen LogP contribution is 2.44. The molecule has 1 heterocycles. The van der Waals surface area contributed by atoms with Gasteiger partial charge in [0.15, 0.2) is 0 Å². The number of alkyl halides is 2. The lowest BCUT2D eigenvalue weighted by molar-refractivity contribution is -0.141. The molecule has 0 aromatic heterocycles. The van der Waals surface area contributed by atoms with Gasteiger partial charge in [-0.1, -0.05) is 19.3 Å². The van der Waals surface area contributed by atoms with E-state index in [1.807, 2.05) is 0 Å². The summed E-state index contributed by atoms with van der Waals surface area (Å²) in [5.74, 6) is -5.93. The van der Waals surface area contributed by atoms with Crippen molar-refractivity contribution in [2.45, 2.75) is 75.8 Å². The molecule has 0 spiro atoms. The molecule has 3 rings (SSSR count). The number of carbonyl (C=O) groups is 1. The van der Waals surface area contributed by atoms with Crippen LogP contribution in [0.2, 0.25) is 0 Å². The maximum atomic E-state index is 14.1. The molecule has 5 nitrogen and oxygen atoms in total. The van der Waals surface area contributed by atoms with E-state index in [4.69, 9.17) is 0 Å². The number of nitrogens with zero attached hydrogens (tertiary/aromatic N) is 1. The number of hydrogen-bond acceptors (Lipinski definition) is 3. The first kappa shape index (κ1) is 18.0. The summed E-state index contributed by atoms with van der Waals surface area (Å²) in [5.41, 5.74) is 0. The predicted octanol–water partition coefficient (Wildman–Crippen LogP) is 2.86. The average molecular weight is 365 g/mol. The highest BCUT2D eigenvalue weighted by atomic mass is 32.2. The van der Waals surface area contributed by atoms with E-state index in [1.54, 1.807) is 0 Å². The molecular formula is C16H25F2NO4S. The van der Waals surface area contributed by atoms with Crippen molar-refractivity contribution < 1.29 is 27.1 Å². The minimum atomic E-state index is -4.02. The standard InChI is InChI=1S/C16H25F2NO4S/c17-16(18)8-4-3-6-12(16)10-24(22,23)19-13-7-2-1-5-11(13)9-14(19)15(20)21/h11-14H,1-10H2,(H,20,21). The predicted molar refractivity (Wildman–Crippen MR) is 84.3 cm³/mol. The first-order valence-electron chi connectivity index (χ1n) is 8.84. The Hall–Kier alpha value is -0.760. The Bertz CT molecular complexity index is 595. The lowest BCUT2D eigenvalue weighted by atomic mass is 9.85. The molecule has 8 heteroatoms. The van der Waals surface area contributed by atoms with Gasteiger partial charge in [0.05, 0.1) is 5.75 Å². The fourth-order valence-electron chi connectivity index (χ4n) is 4.74. The molecule has 2 saturated carbocycles. The summed E-state index contributed by atoms with van der Waals surface area (Å²) in [6.45, 7) is 0. The normalized spacial score (nSPS) is 37.1. The summed E-state index contributed by atoms with van der Waals surface area (Å²) in [5, 5.41) is 9.45. The molecule has 3 fully saturated rings. The minimum absolute atomic E-state index is 0.0430. The summed E-state index contributed by atoms with van der Waals surface area (Å²) in [4.78, 5) is 11.6. The van der Waals surface area contributed by atoms with Crippen LogP contribution in [0.3, 0.4) is 0 Å². The number of sulfonamides is 1. The van der Waals surface area contributed by atoms with E-state index in [2.05, 4.69) is 0 Å². The Labute approximate surface area is 141 Å². The van der Waals surface area contributed by atoms with Crippen LogP contribution in [0.25, 0.3) is 0 Å². The smallest absolute Gasteiger partial charge is 0.322 e. The second-order valence-corrected chi connectivity index (χ2v) is 9.43. The van der Waals surface area contributed by atoms with Crippen molar-refractivity contribution in [3.8, 4) is 0 Å². The van der Waals surface area contributed by atoms with E-state index in [0.717, 1.165) is 23.6 Å². The molecule has 1 aliphatic heterocycles. The molecule has 3 aliphatic rings. The molecule has 0 aromatic rings. The van der Waals surface area contributed by atoms with Crippen LogP contribution in [0.5, 0.6) is 0 Å². The van der Waals surface area contributed by atoms with Crippen LogP contribution >= 0.6 is 0 Å². The molecule has 4 atom stereocenters. The van der Waals surface area contributed by atoms with Gasteiger partial charge in [-0.2, -0.15) is 4.31 Å². The monoisotopic (exact) mass is 365 g/mol. The number of halogens is 2. The van der Waals surface area contributed by atoms with Gasteiger partial charge >= 0.3 is 5.97 Å². The van der Waals surface area contributed by atoms with Crippen molar-refractivity contribution in [1.82, 2.24) is 4.31 Å². The van der Waals surface area contributed by atoms with Crippen LogP contribution in [-0.4, -0.2) is 47.6 Å². The molecule has 0 bridgehead atoms. The van der Waals surface area contributed by atoms with E-state index in [1.165, 1.54) is 0 Å². The number of fused-ring (bicyclic) bond motifs is 1. The second kappa shape index (κ2) is 6.52. The van der Waals surface area contributed by atoms with Crippen molar-refractivity contribution in [3.63, 3.8) is 0 Å². The van der Waals surface area contributed by atoms with Gasteiger partial charge in [-0.05, 0) is 38.0 Å². The van der Waals surface area contributed by atoms with E-state index >= 15 is 0 Å². The Morgan fingerprint density at radius 1 is 1.12 bits per heavy atom. The molecular weight excluding hydrogens is 340 g/mol. The van der Waals surface area contributed by atoms with Crippen molar-refractivity contribution in [1.29, 1.82) is 0 Å². The summed E-state index contributed by atoms with van der Waals surface area (Å²) < 4.78 is 55.0. The Morgan fingerprint density at radius 2 is 1.79 bits per heavy atom. The number of carboxylic acid groups (broad SMARTS) is 1. The third kappa shape index (κ3) is 3.31. The topological polar surface area (TPSA) is 74.7 Å². The van der Waals surface area contributed by atoms with Gasteiger partial charge in [-0.15, -0.1) is 0 Å². The molecule has 4 unspecified atom stereocenters. The molecule has 0 aromatic carbocycles. The number of rotatable bonds is 4. The van der Waals surface area contributed by atoms with Crippen LogP contribution in [0.4, 0.5) is 8.78 Å². The first-order chi connectivity index (χ1) is 11.2. The molecule has 1 N–H and O–H groups in total. The molecule has 138 valence electrons. The van der Waals surface area contributed by atoms with E-state index < -0.39 is 39.6 Å². The van der Waals surface area contributed by atoms with Crippen molar-refractivity contribution in [2.75, 3.05) is 5.75 Å². The quantitative estimate of drug-likeness (QED) is 0.831. The summed E-state index contributed by atoms with van der Waals surface area (Å²) in [6, 6.07) is -1.43. The minimum Gasteiger partial charge on any atom is -0.480 e. The fourth-order valence-corrected chi connectivity index (χ4v) is 7.09. The molecule has 1 saturated heterocycles. The number of hydrogen-bond donors (Lipinski definition) is 1. The zero-order valence-electron chi connectivity index (χ0n) is 13.7. The summed E-state index contributed by atoms with van der Waals surface area (Å²) in [6.07, 6.45) is 4.52. The highest BCUT2D eigenvalue weighted by molar-refractivity contribution is 7.89. The van der Waals surface area contributed by atoms with Crippen molar-refractivity contribution in [3.05, 3.63) is 0 Å². The van der Waals surface area contributed by atoms with Crippen molar-refractivity contribution >= 4 is 16.0 Å². The van der Waals surface area contributed by atoms with Gasteiger partial charge < -0.3 is 5.11 Å². The maximum absolute atomic E-state index is 14.1. The first-order valence-corrected chi connectivity index (χ1v) is 10.4. The van der Waals surface area contributed by atoms with E-state index in [-0.39, 0.29) is 24.8 Å². The molecule has 24 heavy (non-hydrogen) atoms. The average Bonchev–Trinajstić information content (AvgIpc) is 2.90. The molecule has 0 radical (unpaired) electrons. The van der Waals surface area contributed by atoms with Crippen molar-refractivity contribution in [2.24, 2.45) is 11.8 Å². The summed E-state index contributed by atoms with van der Waals surface area (Å²) >= 11 is 0. The van der Waals surface area contributed by atoms with Gasteiger partial charge in [0.25, 0.3) is 5.92 Å². The van der Waals surface area contributed by atoms with Gasteiger partial charge in [0, 0.05) is 18.4 Å². The van der Waals surface area contributed by atoms with Gasteiger partial charge in [-0.3, -0.25) is 4.79 Å². The Balaban J connectivity index is 1.84. The highest BCUT2D eigenvalue weighted by Gasteiger charge is 2.53. The van der Waals surface area contributed by atoms with E-state index in [0.29, 0.717) is 25.7 Å². The molecule has 0 amide bonds. The fraction of sp³-hybridized carbons (Fsp3) is 0.938. The second-order valence-electron chi connectivity index (χ2n) is 7.51. The number of aliphatic carboxylic acids is 1. The van der Waals surface area contributed by atoms with Crippen LogP contribution in [0, 0.1) is 11.8 Å². The SMILES string of the molecule is O=C(O)C1CC2CCCCC2N1S(=O)(=O)CC1CCCCC1(F)F. The van der Waals surface area contributed by atoms with Crippen LogP contribution in [0.1, 0.15) is 57.8 Å². The van der Waals surface area contributed by atoms with Crippen LogP contribution in [0.15, 0.2) is 0 Å².